The van der Waals surface area contributed by atoms with Crippen molar-refractivity contribution in [3.05, 3.63) is 41.0 Å². The molecule has 134 valence electrons. The lowest BCUT2D eigenvalue weighted by Gasteiger charge is -2.14. The van der Waals surface area contributed by atoms with Gasteiger partial charge in [0.2, 0.25) is 0 Å². The van der Waals surface area contributed by atoms with Crippen LogP contribution in [0.15, 0.2) is 34.6 Å². The number of aromatic nitrogens is 3. The highest BCUT2D eigenvalue weighted by molar-refractivity contribution is 7.14. The highest BCUT2D eigenvalue weighted by atomic mass is 32.1. The topological polar surface area (TPSA) is 67.1 Å². The quantitative estimate of drug-likeness (QED) is 0.743. The molecule has 0 aromatic carbocycles. The van der Waals surface area contributed by atoms with Gasteiger partial charge >= 0.3 is 0 Å². The normalized spacial score (nSPS) is 14.0. The second kappa shape index (κ2) is 6.92. The van der Waals surface area contributed by atoms with E-state index in [1.165, 1.54) is 0 Å². The zero-order valence-corrected chi connectivity index (χ0v) is 16.0. The summed E-state index contributed by atoms with van der Waals surface area (Å²) in [5.41, 5.74) is 6.42. The second-order valence-corrected chi connectivity index (χ2v) is 7.28. The molecule has 0 atom stereocenters. The Bertz CT molecular complexity index is 968. The van der Waals surface area contributed by atoms with Gasteiger partial charge in [0.15, 0.2) is 11.1 Å². The summed E-state index contributed by atoms with van der Waals surface area (Å²) in [6, 6.07) is 8.44. The molecular weight excluding hydrogens is 344 g/mol. The molecule has 0 radical (unpaired) electrons. The summed E-state index contributed by atoms with van der Waals surface area (Å²) in [6.45, 7) is 5.88. The first-order valence-corrected chi connectivity index (χ1v) is 9.61. The van der Waals surface area contributed by atoms with E-state index in [1.54, 1.807) is 11.3 Å². The third-order valence-corrected chi connectivity index (χ3v) is 5.27. The van der Waals surface area contributed by atoms with Gasteiger partial charge in [-0.25, -0.2) is 4.98 Å². The fraction of sp³-hybridized carbons (Fsp3) is 0.316. The second-order valence-electron chi connectivity index (χ2n) is 6.42. The van der Waals surface area contributed by atoms with E-state index in [4.69, 9.17) is 4.98 Å². The van der Waals surface area contributed by atoms with Crippen LogP contribution in [0.5, 0.6) is 0 Å². The SMILES string of the molecule is Cc1ccc(-c2ccc(-c3csc(NC4=NCCCN4)n3)n2C)c(C)n1. The number of thiazole rings is 1. The number of hydrogen-bond acceptors (Lipinski definition) is 6. The van der Waals surface area contributed by atoms with Gasteiger partial charge in [0.25, 0.3) is 0 Å². The predicted molar refractivity (Wildman–Crippen MR) is 108 cm³/mol. The van der Waals surface area contributed by atoms with E-state index in [0.29, 0.717) is 0 Å². The molecule has 1 aliphatic heterocycles. The molecule has 7 heteroatoms. The molecule has 3 aromatic rings. The Kier molecular flexibility index (Phi) is 4.46. The number of anilines is 1. The molecule has 1 aliphatic rings. The Hall–Kier alpha value is -2.67. The fourth-order valence-corrected chi connectivity index (χ4v) is 3.87. The molecule has 26 heavy (non-hydrogen) atoms. The molecule has 2 N–H and O–H groups in total. The Morgan fingerprint density at radius 3 is 2.73 bits per heavy atom. The van der Waals surface area contributed by atoms with Crippen LogP contribution in [0.4, 0.5) is 5.13 Å². The van der Waals surface area contributed by atoms with Crippen molar-refractivity contribution in [2.75, 3.05) is 18.4 Å². The van der Waals surface area contributed by atoms with Crippen LogP contribution in [-0.4, -0.2) is 33.6 Å². The number of nitrogens with zero attached hydrogens (tertiary/aromatic N) is 4. The van der Waals surface area contributed by atoms with E-state index in [1.807, 2.05) is 6.92 Å². The molecule has 0 unspecified atom stereocenters. The minimum absolute atomic E-state index is 0.811. The minimum Gasteiger partial charge on any atom is -0.356 e. The van der Waals surface area contributed by atoms with Gasteiger partial charge in [0.05, 0.1) is 17.1 Å². The highest BCUT2D eigenvalue weighted by Crippen LogP contribution is 2.31. The van der Waals surface area contributed by atoms with Gasteiger partial charge in [0.1, 0.15) is 0 Å². The number of aliphatic imine (C=N–C) groups is 1. The first-order valence-electron chi connectivity index (χ1n) is 8.73. The van der Waals surface area contributed by atoms with Crippen molar-refractivity contribution in [1.82, 2.24) is 19.9 Å². The number of aryl methyl sites for hydroxylation is 2. The Morgan fingerprint density at radius 1 is 1.12 bits per heavy atom. The Labute approximate surface area is 157 Å². The van der Waals surface area contributed by atoms with Gasteiger partial charge in [-0.2, -0.15) is 0 Å². The van der Waals surface area contributed by atoms with Crippen LogP contribution in [0.2, 0.25) is 0 Å². The van der Waals surface area contributed by atoms with Crippen molar-refractivity contribution in [2.45, 2.75) is 20.3 Å². The fourth-order valence-electron chi connectivity index (χ4n) is 3.16. The van der Waals surface area contributed by atoms with Crippen molar-refractivity contribution < 1.29 is 0 Å². The molecule has 0 aliphatic carbocycles. The summed E-state index contributed by atoms with van der Waals surface area (Å²) in [5.74, 6) is 0.811. The number of pyridine rings is 1. The molecule has 4 rings (SSSR count). The summed E-state index contributed by atoms with van der Waals surface area (Å²) in [7, 11) is 2.07. The van der Waals surface area contributed by atoms with E-state index < -0.39 is 0 Å². The predicted octanol–water partition coefficient (Wildman–Crippen LogP) is 3.59. The van der Waals surface area contributed by atoms with Gasteiger partial charge in [-0.05, 0) is 44.5 Å². The number of rotatable bonds is 3. The lowest BCUT2D eigenvalue weighted by atomic mass is 10.1. The first-order chi connectivity index (χ1) is 12.6. The van der Waals surface area contributed by atoms with Gasteiger partial charge in [-0.15, -0.1) is 11.3 Å². The molecule has 6 nitrogen and oxygen atoms in total. The van der Waals surface area contributed by atoms with Gasteiger partial charge < -0.3 is 15.2 Å². The summed E-state index contributed by atoms with van der Waals surface area (Å²) >= 11 is 1.59. The maximum atomic E-state index is 4.73. The third-order valence-electron chi connectivity index (χ3n) is 4.51. The third kappa shape index (κ3) is 3.22. The van der Waals surface area contributed by atoms with E-state index >= 15 is 0 Å². The number of guanidine groups is 1. The molecule has 0 saturated heterocycles. The van der Waals surface area contributed by atoms with E-state index in [2.05, 4.69) is 68.8 Å². The van der Waals surface area contributed by atoms with E-state index in [-0.39, 0.29) is 0 Å². The van der Waals surface area contributed by atoms with Crippen LogP contribution in [0.1, 0.15) is 17.8 Å². The molecule has 0 bridgehead atoms. The van der Waals surface area contributed by atoms with Crippen molar-refractivity contribution in [3.63, 3.8) is 0 Å². The highest BCUT2D eigenvalue weighted by Gasteiger charge is 2.14. The standard InChI is InChI=1S/C19H22N6S/c1-12-5-6-14(13(2)22-12)16-7-8-17(25(16)3)15-11-26-19(23-15)24-18-20-9-4-10-21-18/h5-8,11H,4,9-10H2,1-3H3,(H2,20,21,23,24). The zero-order valence-electron chi connectivity index (χ0n) is 15.2. The average molecular weight is 366 g/mol. The molecule has 0 amide bonds. The number of hydrogen-bond donors (Lipinski definition) is 2. The van der Waals surface area contributed by atoms with Crippen LogP contribution in [0.3, 0.4) is 0 Å². The van der Waals surface area contributed by atoms with Gasteiger partial charge in [-0.1, -0.05) is 0 Å². The van der Waals surface area contributed by atoms with Crippen molar-refractivity contribution in [2.24, 2.45) is 12.0 Å². The lowest BCUT2D eigenvalue weighted by molar-refractivity contribution is 0.740. The Balaban J connectivity index is 1.61. The summed E-state index contributed by atoms with van der Waals surface area (Å²) in [4.78, 5) is 13.7. The largest absolute Gasteiger partial charge is 0.356 e. The molecule has 0 spiro atoms. The maximum Gasteiger partial charge on any atom is 0.197 e. The Morgan fingerprint density at radius 2 is 1.96 bits per heavy atom. The number of nitrogens with one attached hydrogen (secondary N) is 2. The molecule has 4 heterocycles. The lowest BCUT2D eigenvalue weighted by Crippen LogP contribution is -2.35. The van der Waals surface area contributed by atoms with Crippen LogP contribution in [0, 0.1) is 13.8 Å². The van der Waals surface area contributed by atoms with E-state index in [9.17, 15) is 0 Å². The summed E-state index contributed by atoms with van der Waals surface area (Å²) in [5, 5.41) is 9.45. The van der Waals surface area contributed by atoms with E-state index in [0.717, 1.165) is 64.6 Å². The summed E-state index contributed by atoms with van der Waals surface area (Å²) in [6.07, 6.45) is 1.08. The monoisotopic (exact) mass is 366 g/mol. The molecule has 3 aromatic heterocycles. The summed E-state index contributed by atoms with van der Waals surface area (Å²) < 4.78 is 2.18. The average Bonchev–Trinajstić information content (AvgIpc) is 3.23. The van der Waals surface area contributed by atoms with Gasteiger partial charge in [-0.3, -0.25) is 9.98 Å². The maximum absolute atomic E-state index is 4.73. The molecule has 0 saturated carbocycles. The smallest absolute Gasteiger partial charge is 0.197 e. The van der Waals surface area contributed by atoms with Crippen LogP contribution in [-0.2, 0) is 7.05 Å². The molecular formula is C19H22N6S. The minimum atomic E-state index is 0.811. The van der Waals surface area contributed by atoms with Crippen molar-refractivity contribution in [1.29, 1.82) is 0 Å². The van der Waals surface area contributed by atoms with Crippen LogP contribution < -0.4 is 10.6 Å². The first kappa shape index (κ1) is 16.8. The van der Waals surface area contributed by atoms with Crippen molar-refractivity contribution in [3.8, 4) is 22.6 Å². The molecule has 0 fully saturated rings. The zero-order chi connectivity index (χ0) is 18.1. The van der Waals surface area contributed by atoms with Crippen LogP contribution >= 0.6 is 11.3 Å². The van der Waals surface area contributed by atoms with Crippen molar-refractivity contribution >= 4 is 22.4 Å². The van der Waals surface area contributed by atoms with Crippen LogP contribution in [0.25, 0.3) is 22.6 Å². The van der Waals surface area contributed by atoms with Gasteiger partial charge in [0, 0.05) is 42.5 Å².